The number of aromatic hydroxyl groups is 1. The zero-order valence-corrected chi connectivity index (χ0v) is 15.3. The van der Waals surface area contributed by atoms with Crippen LogP contribution in [0.4, 0.5) is 13.2 Å². The molecule has 2 aromatic rings. The Morgan fingerprint density at radius 2 is 1.93 bits per heavy atom. The second-order valence-corrected chi connectivity index (χ2v) is 6.27. The summed E-state index contributed by atoms with van der Waals surface area (Å²) in [5.74, 6) is -0.00180. The molecule has 2 rings (SSSR count). The van der Waals surface area contributed by atoms with Crippen molar-refractivity contribution in [2.24, 2.45) is 5.73 Å². The summed E-state index contributed by atoms with van der Waals surface area (Å²) in [6.07, 6.45) is -3.34. The van der Waals surface area contributed by atoms with E-state index in [1.165, 1.54) is 12.1 Å². The zero-order valence-electron chi connectivity index (χ0n) is 15.3. The molecule has 0 aromatic heterocycles. The normalized spacial score (nSPS) is 11.3. The second-order valence-electron chi connectivity index (χ2n) is 6.27. The topological polar surface area (TPSA) is 84.6 Å². The molecule has 0 fully saturated rings. The van der Waals surface area contributed by atoms with Crippen molar-refractivity contribution in [3.05, 3.63) is 59.2 Å². The molecule has 0 unspecified atom stereocenters. The molecule has 0 bridgehead atoms. The van der Waals surface area contributed by atoms with Crippen LogP contribution in [-0.4, -0.2) is 30.7 Å². The Balaban J connectivity index is 1.77. The van der Waals surface area contributed by atoms with Gasteiger partial charge in [0, 0.05) is 13.1 Å². The highest BCUT2D eigenvalue weighted by molar-refractivity contribution is 5.78. The van der Waals surface area contributed by atoms with Crippen molar-refractivity contribution in [2.45, 2.75) is 25.4 Å². The highest BCUT2D eigenvalue weighted by atomic mass is 19.4. The molecule has 0 atom stereocenters. The Morgan fingerprint density at radius 1 is 1.14 bits per heavy atom. The lowest BCUT2D eigenvalue weighted by Crippen LogP contribution is -2.26. The van der Waals surface area contributed by atoms with Crippen LogP contribution in [-0.2, 0) is 23.8 Å². The van der Waals surface area contributed by atoms with Gasteiger partial charge in [0.2, 0.25) is 5.91 Å². The van der Waals surface area contributed by atoms with Crippen molar-refractivity contribution < 1.29 is 27.8 Å². The number of amides is 1. The van der Waals surface area contributed by atoms with E-state index in [-0.39, 0.29) is 24.7 Å². The van der Waals surface area contributed by atoms with E-state index in [1.807, 2.05) is 0 Å². The number of rotatable bonds is 9. The number of hydrogen-bond donors (Lipinski definition) is 3. The van der Waals surface area contributed by atoms with Gasteiger partial charge < -0.3 is 20.9 Å². The summed E-state index contributed by atoms with van der Waals surface area (Å²) >= 11 is 0. The molecule has 0 heterocycles. The monoisotopic (exact) mass is 396 g/mol. The summed E-state index contributed by atoms with van der Waals surface area (Å²) in [7, 11) is 0. The number of ether oxygens (including phenoxy) is 1. The zero-order chi connectivity index (χ0) is 20.6. The van der Waals surface area contributed by atoms with Crippen molar-refractivity contribution >= 4 is 5.91 Å². The number of carbonyl (C=O) groups is 1. The van der Waals surface area contributed by atoms with Crippen molar-refractivity contribution in [1.29, 1.82) is 0 Å². The Kier molecular flexibility index (Phi) is 7.69. The first kappa shape index (κ1) is 21.6. The highest BCUT2D eigenvalue weighted by Gasteiger charge is 2.30. The fourth-order valence-corrected chi connectivity index (χ4v) is 2.64. The number of halogens is 3. The number of aryl methyl sites for hydroxylation is 1. The molecule has 0 aliphatic rings. The molecule has 0 radical (unpaired) electrons. The summed E-state index contributed by atoms with van der Waals surface area (Å²) in [6.45, 7) is 0.947. The lowest BCUT2D eigenvalue weighted by atomic mass is 10.1. The molecule has 0 spiro atoms. The molecular weight excluding hydrogens is 373 g/mol. The smallest absolute Gasteiger partial charge is 0.416 e. The molecule has 0 saturated carbocycles. The van der Waals surface area contributed by atoms with Crippen LogP contribution in [0.5, 0.6) is 11.5 Å². The number of carbonyl (C=O) groups excluding carboxylic acids is 1. The van der Waals surface area contributed by atoms with E-state index >= 15 is 0 Å². The lowest BCUT2D eigenvalue weighted by molar-refractivity contribution is -0.137. The first-order valence-electron chi connectivity index (χ1n) is 8.87. The van der Waals surface area contributed by atoms with Gasteiger partial charge in [-0.15, -0.1) is 0 Å². The highest BCUT2D eigenvalue weighted by Crippen LogP contribution is 2.29. The van der Waals surface area contributed by atoms with Crippen LogP contribution in [0.25, 0.3) is 0 Å². The van der Waals surface area contributed by atoms with Crippen LogP contribution in [0.1, 0.15) is 23.1 Å². The van der Waals surface area contributed by atoms with Gasteiger partial charge in [0.1, 0.15) is 6.61 Å². The average Bonchev–Trinajstić information content (AvgIpc) is 2.64. The van der Waals surface area contributed by atoms with Gasteiger partial charge in [-0.3, -0.25) is 4.79 Å². The fourth-order valence-electron chi connectivity index (χ4n) is 2.64. The molecule has 0 aliphatic carbocycles. The quantitative estimate of drug-likeness (QED) is 0.569. The lowest BCUT2D eigenvalue weighted by Gasteiger charge is -2.10. The Morgan fingerprint density at radius 3 is 2.61 bits per heavy atom. The molecule has 152 valence electrons. The molecule has 0 aliphatic heterocycles. The summed E-state index contributed by atoms with van der Waals surface area (Å²) < 4.78 is 43.3. The number of phenolic OH excluding ortho intramolecular Hbond substituents is 1. The molecule has 0 saturated heterocycles. The van der Waals surface area contributed by atoms with Crippen molar-refractivity contribution in [2.75, 3.05) is 19.7 Å². The maximum Gasteiger partial charge on any atom is 0.416 e. The second kappa shape index (κ2) is 9.98. The van der Waals surface area contributed by atoms with E-state index < -0.39 is 11.7 Å². The van der Waals surface area contributed by atoms with Gasteiger partial charge in [0.25, 0.3) is 0 Å². The largest absolute Gasteiger partial charge is 0.504 e. The molecule has 4 N–H and O–H groups in total. The molecule has 28 heavy (non-hydrogen) atoms. The van der Waals surface area contributed by atoms with E-state index in [1.54, 1.807) is 18.2 Å². The van der Waals surface area contributed by atoms with E-state index in [0.717, 1.165) is 12.1 Å². The fraction of sp³-hybridized carbons (Fsp3) is 0.350. The number of nitrogens with two attached hydrogens (primary N) is 1. The van der Waals surface area contributed by atoms with Crippen LogP contribution in [0.2, 0.25) is 0 Å². The number of nitrogens with one attached hydrogen (secondary N) is 1. The SMILES string of the molecule is NCCOc1ccc(CC(=O)NCCCc2cccc(C(F)(F)F)c2)cc1O. The number of phenols is 1. The average molecular weight is 396 g/mol. The van der Waals surface area contributed by atoms with E-state index in [4.69, 9.17) is 10.5 Å². The molecule has 8 heteroatoms. The van der Waals surface area contributed by atoms with Crippen LogP contribution in [0, 0.1) is 0 Å². The summed E-state index contributed by atoms with van der Waals surface area (Å²) in [5.41, 5.74) is 5.85. The first-order valence-corrected chi connectivity index (χ1v) is 8.87. The summed E-state index contributed by atoms with van der Waals surface area (Å²) in [6, 6.07) is 9.87. The van der Waals surface area contributed by atoms with Gasteiger partial charge in [-0.1, -0.05) is 24.3 Å². The van der Waals surface area contributed by atoms with Gasteiger partial charge in [0.05, 0.1) is 12.0 Å². The Labute approximate surface area is 161 Å². The van der Waals surface area contributed by atoms with E-state index in [0.29, 0.717) is 42.8 Å². The standard InChI is InChI=1S/C20H23F3N2O3/c21-20(22,23)16-5-1-3-14(11-16)4-2-9-25-19(27)13-15-6-7-18(17(26)12-15)28-10-8-24/h1,3,5-7,11-12,26H,2,4,8-10,13,24H2,(H,25,27). The van der Waals surface area contributed by atoms with Crippen LogP contribution in [0.3, 0.4) is 0 Å². The molecule has 2 aromatic carbocycles. The minimum atomic E-state index is -4.36. The first-order chi connectivity index (χ1) is 13.3. The Bertz CT molecular complexity index is 795. The van der Waals surface area contributed by atoms with E-state index in [9.17, 15) is 23.1 Å². The number of benzene rings is 2. The third-order valence-electron chi connectivity index (χ3n) is 3.98. The minimum absolute atomic E-state index is 0.0664. The molecular formula is C20H23F3N2O3. The van der Waals surface area contributed by atoms with Crippen LogP contribution < -0.4 is 15.8 Å². The van der Waals surface area contributed by atoms with Gasteiger partial charge in [-0.2, -0.15) is 13.2 Å². The van der Waals surface area contributed by atoms with Crippen LogP contribution in [0.15, 0.2) is 42.5 Å². The van der Waals surface area contributed by atoms with E-state index in [2.05, 4.69) is 5.32 Å². The predicted molar refractivity (Wildman–Crippen MR) is 99.1 cm³/mol. The van der Waals surface area contributed by atoms with Gasteiger partial charge in [-0.05, 0) is 42.2 Å². The third kappa shape index (κ3) is 6.77. The van der Waals surface area contributed by atoms with Crippen molar-refractivity contribution in [3.63, 3.8) is 0 Å². The summed E-state index contributed by atoms with van der Waals surface area (Å²) in [4.78, 5) is 12.0. The summed E-state index contributed by atoms with van der Waals surface area (Å²) in [5, 5.41) is 12.6. The molecule has 1 amide bonds. The van der Waals surface area contributed by atoms with Gasteiger partial charge in [-0.25, -0.2) is 0 Å². The third-order valence-corrected chi connectivity index (χ3v) is 3.98. The molecule has 5 nitrogen and oxygen atoms in total. The van der Waals surface area contributed by atoms with Gasteiger partial charge in [0.15, 0.2) is 11.5 Å². The van der Waals surface area contributed by atoms with Crippen molar-refractivity contribution in [3.8, 4) is 11.5 Å². The number of hydrogen-bond acceptors (Lipinski definition) is 4. The van der Waals surface area contributed by atoms with Gasteiger partial charge >= 0.3 is 6.18 Å². The predicted octanol–water partition coefficient (Wildman–Crippen LogP) is 3.04. The number of alkyl halides is 3. The van der Waals surface area contributed by atoms with Crippen molar-refractivity contribution in [1.82, 2.24) is 5.32 Å². The van der Waals surface area contributed by atoms with Crippen LogP contribution >= 0.6 is 0 Å². The maximum atomic E-state index is 12.7. The maximum absolute atomic E-state index is 12.7. The minimum Gasteiger partial charge on any atom is -0.504 e. The Hall–Kier alpha value is -2.74.